The summed E-state index contributed by atoms with van der Waals surface area (Å²) in [7, 11) is 0. The van der Waals surface area contributed by atoms with Gasteiger partial charge in [-0.25, -0.2) is 0 Å². The van der Waals surface area contributed by atoms with Gasteiger partial charge >= 0.3 is 0 Å². The van der Waals surface area contributed by atoms with E-state index in [-0.39, 0.29) is 11.8 Å². The fourth-order valence-corrected chi connectivity index (χ4v) is 6.14. The van der Waals surface area contributed by atoms with Crippen LogP contribution in [0.15, 0.2) is 53.4 Å². The topological polar surface area (TPSA) is 67.6 Å². The molecule has 0 aliphatic carbocycles. The first-order valence-electron chi connectivity index (χ1n) is 10.3. The lowest BCUT2D eigenvalue weighted by atomic mass is 10.1. The molecule has 3 aliphatic rings. The third-order valence-electron chi connectivity index (χ3n) is 6.15. The summed E-state index contributed by atoms with van der Waals surface area (Å²) in [6, 6.07) is 17.6. The van der Waals surface area contributed by atoms with E-state index in [4.69, 9.17) is 5.26 Å². The van der Waals surface area contributed by atoms with Crippen molar-refractivity contribution in [1.82, 2.24) is 4.90 Å². The van der Waals surface area contributed by atoms with E-state index in [9.17, 15) is 9.59 Å². The first kappa shape index (κ1) is 19.0. The number of hydrogen-bond acceptors (Lipinski definition) is 5. The van der Waals surface area contributed by atoms with Crippen LogP contribution in [0.2, 0.25) is 0 Å². The van der Waals surface area contributed by atoms with Crippen LogP contribution in [-0.2, 0) is 9.59 Å². The van der Waals surface area contributed by atoms with Crippen LogP contribution in [0.1, 0.15) is 24.8 Å². The number of nitriles is 1. The number of rotatable bonds is 2. The van der Waals surface area contributed by atoms with Crippen molar-refractivity contribution in [1.29, 1.82) is 5.26 Å². The summed E-state index contributed by atoms with van der Waals surface area (Å²) in [6.07, 6.45) is 1.84. The lowest BCUT2D eigenvalue weighted by Gasteiger charge is -2.35. The van der Waals surface area contributed by atoms with Gasteiger partial charge in [-0.1, -0.05) is 23.9 Å². The Balaban J connectivity index is 1.36. The average Bonchev–Trinajstić information content (AvgIpc) is 3.17. The van der Waals surface area contributed by atoms with Gasteiger partial charge < -0.3 is 9.80 Å². The summed E-state index contributed by atoms with van der Waals surface area (Å²) in [5.41, 5.74) is 2.59. The highest BCUT2D eigenvalue weighted by molar-refractivity contribution is 8.02. The van der Waals surface area contributed by atoms with Crippen molar-refractivity contribution >= 4 is 35.0 Å². The van der Waals surface area contributed by atoms with Gasteiger partial charge in [0.25, 0.3) is 5.91 Å². The number of para-hydroxylation sites is 1. The molecule has 0 spiro atoms. The van der Waals surface area contributed by atoms with Crippen LogP contribution in [0.4, 0.5) is 11.4 Å². The zero-order valence-corrected chi connectivity index (χ0v) is 17.4. The van der Waals surface area contributed by atoms with E-state index in [1.165, 1.54) is 11.8 Å². The SMILES string of the molecule is N#Cc1ccc(N2CCCN(C(=O)C34CCC(=O)N3c3ccccc3S4)CC2)cc1. The molecule has 152 valence electrons. The zero-order valence-electron chi connectivity index (χ0n) is 16.6. The molecule has 0 bridgehead atoms. The Morgan fingerprint density at radius 2 is 1.83 bits per heavy atom. The fraction of sp³-hybridized carbons (Fsp3) is 0.348. The van der Waals surface area contributed by atoms with E-state index in [2.05, 4.69) is 11.0 Å². The van der Waals surface area contributed by atoms with E-state index in [1.807, 2.05) is 53.4 Å². The highest BCUT2D eigenvalue weighted by atomic mass is 32.2. The molecular formula is C23H22N4O2S. The van der Waals surface area contributed by atoms with Crippen LogP contribution in [0.5, 0.6) is 0 Å². The van der Waals surface area contributed by atoms with Crippen LogP contribution < -0.4 is 9.80 Å². The maximum absolute atomic E-state index is 13.8. The number of thioether (sulfide) groups is 1. The van der Waals surface area contributed by atoms with E-state index < -0.39 is 4.87 Å². The fourth-order valence-electron chi connectivity index (χ4n) is 4.66. The van der Waals surface area contributed by atoms with Gasteiger partial charge in [0, 0.05) is 43.2 Å². The molecule has 2 aromatic rings. The normalized spacial score (nSPS) is 23.0. The number of carbonyl (C=O) groups excluding carboxylic acids is 2. The molecular weight excluding hydrogens is 396 g/mol. The molecule has 7 heteroatoms. The summed E-state index contributed by atoms with van der Waals surface area (Å²) in [5, 5.41) is 9.00. The minimum absolute atomic E-state index is 0.0369. The Bertz CT molecular complexity index is 1050. The van der Waals surface area contributed by atoms with Crippen LogP contribution in [-0.4, -0.2) is 47.8 Å². The largest absolute Gasteiger partial charge is 0.370 e. The monoisotopic (exact) mass is 418 g/mol. The summed E-state index contributed by atoms with van der Waals surface area (Å²) < 4.78 is 0. The van der Waals surface area contributed by atoms with E-state index >= 15 is 0 Å². The smallest absolute Gasteiger partial charge is 0.259 e. The van der Waals surface area contributed by atoms with Gasteiger partial charge in [0.2, 0.25) is 5.91 Å². The molecule has 2 saturated heterocycles. The predicted octanol–water partition coefficient (Wildman–Crippen LogP) is 3.23. The molecule has 1 unspecified atom stereocenters. The zero-order chi connectivity index (χ0) is 20.7. The molecule has 2 aromatic carbocycles. The molecule has 0 aromatic heterocycles. The summed E-state index contributed by atoms with van der Waals surface area (Å²) in [5.74, 6) is 0.0889. The second-order valence-electron chi connectivity index (χ2n) is 7.87. The second-order valence-corrected chi connectivity index (χ2v) is 9.19. The number of hydrogen-bond donors (Lipinski definition) is 0. The highest BCUT2D eigenvalue weighted by Crippen LogP contribution is 2.56. The number of benzene rings is 2. The van der Waals surface area contributed by atoms with Gasteiger partial charge in [-0.05, 0) is 49.2 Å². The lowest BCUT2D eigenvalue weighted by Crippen LogP contribution is -2.54. The molecule has 0 saturated carbocycles. The van der Waals surface area contributed by atoms with Gasteiger partial charge in [0.1, 0.15) is 0 Å². The number of carbonyl (C=O) groups is 2. The van der Waals surface area contributed by atoms with Crippen molar-refractivity contribution in [2.75, 3.05) is 36.0 Å². The molecule has 3 aliphatic heterocycles. The standard InChI is InChI=1S/C23H22N4O2S/c24-16-17-6-8-18(9-7-17)25-12-3-13-26(15-14-25)22(29)23-11-10-21(28)27(23)19-4-1-2-5-20(19)30-23/h1-2,4-9H,3,10-15H2. The molecule has 5 rings (SSSR count). The van der Waals surface area contributed by atoms with Gasteiger partial charge in [-0.3, -0.25) is 14.5 Å². The molecule has 0 N–H and O–H groups in total. The Morgan fingerprint density at radius 1 is 1.03 bits per heavy atom. The minimum atomic E-state index is -0.829. The Morgan fingerprint density at radius 3 is 2.63 bits per heavy atom. The van der Waals surface area contributed by atoms with Crippen molar-refractivity contribution in [2.45, 2.75) is 29.0 Å². The molecule has 1 atom stereocenters. The van der Waals surface area contributed by atoms with Crippen LogP contribution in [0.3, 0.4) is 0 Å². The lowest BCUT2D eigenvalue weighted by molar-refractivity contribution is -0.134. The average molecular weight is 419 g/mol. The van der Waals surface area contributed by atoms with Gasteiger partial charge in [-0.2, -0.15) is 5.26 Å². The Kier molecular flexibility index (Phi) is 4.67. The van der Waals surface area contributed by atoms with E-state index in [0.717, 1.165) is 35.8 Å². The number of fused-ring (bicyclic) bond motifs is 3. The van der Waals surface area contributed by atoms with Crippen LogP contribution >= 0.6 is 11.8 Å². The summed E-state index contributed by atoms with van der Waals surface area (Å²) in [4.78, 5) is 32.6. The van der Waals surface area contributed by atoms with Gasteiger partial charge in [-0.15, -0.1) is 0 Å². The van der Waals surface area contributed by atoms with Crippen LogP contribution in [0.25, 0.3) is 0 Å². The predicted molar refractivity (Wildman–Crippen MR) is 116 cm³/mol. The third kappa shape index (κ3) is 2.94. The molecule has 0 radical (unpaired) electrons. The molecule has 6 nitrogen and oxygen atoms in total. The molecule has 3 heterocycles. The highest BCUT2D eigenvalue weighted by Gasteiger charge is 2.58. The number of anilines is 2. The van der Waals surface area contributed by atoms with Crippen molar-refractivity contribution < 1.29 is 9.59 Å². The number of amides is 2. The summed E-state index contributed by atoms with van der Waals surface area (Å²) in [6.45, 7) is 2.91. The first-order chi connectivity index (χ1) is 14.6. The van der Waals surface area contributed by atoms with Crippen LogP contribution in [0, 0.1) is 11.3 Å². The minimum Gasteiger partial charge on any atom is -0.370 e. The number of nitrogens with zero attached hydrogens (tertiary/aromatic N) is 4. The first-order valence-corrected chi connectivity index (χ1v) is 11.1. The summed E-state index contributed by atoms with van der Waals surface area (Å²) >= 11 is 1.54. The molecule has 2 amide bonds. The van der Waals surface area contributed by atoms with E-state index in [0.29, 0.717) is 31.5 Å². The van der Waals surface area contributed by atoms with Gasteiger partial charge in [0.15, 0.2) is 4.87 Å². The molecule has 2 fully saturated rings. The third-order valence-corrected chi connectivity index (χ3v) is 7.62. The van der Waals surface area contributed by atoms with Gasteiger partial charge in [0.05, 0.1) is 17.3 Å². The van der Waals surface area contributed by atoms with E-state index in [1.54, 1.807) is 4.90 Å². The second kappa shape index (κ2) is 7.37. The van der Waals surface area contributed by atoms with Crippen molar-refractivity contribution in [3.05, 3.63) is 54.1 Å². The van der Waals surface area contributed by atoms with Crippen molar-refractivity contribution in [3.63, 3.8) is 0 Å². The Hall–Kier alpha value is -2.98. The van der Waals surface area contributed by atoms with Crippen molar-refractivity contribution in [3.8, 4) is 6.07 Å². The Labute approximate surface area is 180 Å². The maximum Gasteiger partial charge on any atom is 0.259 e. The van der Waals surface area contributed by atoms with Crippen molar-refractivity contribution in [2.24, 2.45) is 0 Å². The maximum atomic E-state index is 13.8. The quantitative estimate of drug-likeness (QED) is 0.749. The molecule has 30 heavy (non-hydrogen) atoms.